The highest BCUT2D eigenvalue weighted by atomic mass is 32.1. The average Bonchev–Trinajstić information content (AvgIpc) is 2.46. The molecule has 0 aromatic rings. The summed E-state index contributed by atoms with van der Waals surface area (Å²) in [5.74, 6) is -4.31. The first-order chi connectivity index (χ1) is 10.2. The molecule has 0 aromatic carbocycles. The Morgan fingerprint density at radius 2 is 1.59 bits per heavy atom. The van der Waals surface area contributed by atoms with Crippen LogP contribution in [0.3, 0.4) is 0 Å². The number of carbonyl (C=O) groups excluding carboxylic acids is 2. The second-order valence-corrected chi connectivity index (χ2v) is 4.73. The number of aliphatic carboxylic acids is 2. The zero-order chi connectivity index (χ0) is 17.3. The van der Waals surface area contributed by atoms with Gasteiger partial charge in [-0.15, -0.1) is 0 Å². The van der Waals surface area contributed by atoms with Gasteiger partial charge in [0.15, 0.2) is 0 Å². The quantitative estimate of drug-likeness (QED) is 0.208. The number of hydrogen-bond acceptors (Lipinski definition) is 7. The van der Waals surface area contributed by atoms with Crippen LogP contribution in [0.25, 0.3) is 0 Å². The Bertz CT molecular complexity index is 432. The number of carboxylic acid groups (broad SMARTS) is 2. The number of thiol groups is 1. The van der Waals surface area contributed by atoms with Gasteiger partial charge in [0.2, 0.25) is 11.8 Å². The second kappa shape index (κ2) is 9.97. The summed E-state index contributed by atoms with van der Waals surface area (Å²) in [6.07, 6.45) is -0.685. The predicted molar refractivity (Wildman–Crippen MR) is 77.3 cm³/mol. The van der Waals surface area contributed by atoms with E-state index in [0.717, 1.165) is 0 Å². The number of carboxylic acids is 2. The van der Waals surface area contributed by atoms with Crippen molar-refractivity contribution in [2.24, 2.45) is 5.73 Å². The lowest BCUT2D eigenvalue weighted by Gasteiger charge is -2.21. The number of nitrogens with two attached hydrogens (primary N) is 1. The van der Waals surface area contributed by atoms with Crippen LogP contribution in [0.1, 0.15) is 12.8 Å². The summed E-state index contributed by atoms with van der Waals surface area (Å²) in [5.41, 5.74) is 5.43. The van der Waals surface area contributed by atoms with Crippen molar-refractivity contribution < 1.29 is 34.5 Å². The number of aliphatic hydroxyl groups excluding tert-OH is 1. The minimum Gasteiger partial charge on any atom is -0.481 e. The molecule has 3 atom stereocenters. The molecular formula is C11H19N3O7S. The van der Waals surface area contributed by atoms with Crippen LogP contribution in [0.4, 0.5) is 0 Å². The topological polar surface area (TPSA) is 179 Å². The van der Waals surface area contributed by atoms with Gasteiger partial charge in [-0.2, -0.15) is 12.6 Å². The van der Waals surface area contributed by atoms with Crippen LogP contribution in [0.5, 0.6) is 0 Å². The molecule has 0 aliphatic carbocycles. The summed E-state index contributed by atoms with van der Waals surface area (Å²) in [4.78, 5) is 44.9. The monoisotopic (exact) mass is 337 g/mol. The Labute approximate surface area is 131 Å². The molecule has 7 N–H and O–H groups in total. The van der Waals surface area contributed by atoms with E-state index in [-0.39, 0.29) is 12.2 Å². The fraction of sp³-hybridized carbons (Fsp3) is 0.636. The third kappa shape index (κ3) is 7.24. The normalized spacial score (nSPS) is 14.5. The van der Waals surface area contributed by atoms with Crippen molar-refractivity contribution in [1.29, 1.82) is 0 Å². The zero-order valence-corrected chi connectivity index (χ0v) is 12.5. The summed E-state index contributed by atoms with van der Waals surface area (Å²) in [6, 6.07) is -3.85. The van der Waals surface area contributed by atoms with Gasteiger partial charge in [-0.1, -0.05) is 0 Å². The van der Waals surface area contributed by atoms with Gasteiger partial charge in [0.25, 0.3) is 0 Å². The van der Waals surface area contributed by atoms with Gasteiger partial charge in [-0.25, -0.2) is 4.79 Å². The molecule has 22 heavy (non-hydrogen) atoms. The molecule has 3 unspecified atom stereocenters. The van der Waals surface area contributed by atoms with Crippen molar-refractivity contribution in [2.75, 3.05) is 12.4 Å². The Hall–Kier alpha value is -1.85. The average molecular weight is 337 g/mol. The smallest absolute Gasteiger partial charge is 0.328 e. The summed E-state index contributed by atoms with van der Waals surface area (Å²) in [7, 11) is 0. The van der Waals surface area contributed by atoms with Crippen molar-refractivity contribution in [3.63, 3.8) is 0 Å². The van der Waals surface area contributed by atoms with E-state index in [0.29, 0.717) is 0 Å². The number of aliphatic hydroxyl groups is 1. The van der Waals surface area contributed by atoms with Crippen molar-refractivity contribution >= 4 is 36.4 Å². The summed E-state index contributed by atoms with van der Waals surface area (Å²) < 4.78 is 0. The minimum absolute atomic E-state index is 0.00743. The first-order valence-electron chi connectivity index (χ1n) is 6.25. The third-order valence-electron chi connectivity index (χ3n) is 2.61. The van der Waals surface area contributed by atoms with Crippen LogP contribution >= 0.6 is 12.6 Å². The van der Waals surface area contributed by atoms with Crippen LogP contribution in [0.2, 0.25) is 0 Å². The molecule has 0 saturated heterocycles. The van der Waals surface area contributed by atoms with E-state index in [2.05, 4.69) is 17.9 Å². The molecule has 0 aromatic heterocycles. The molecule has 0 fully saturated rings. The summed E-state index contributed by atoms with van der Waals surface area (Å²) >= 11 is 3.82. The van der Waals surface area contributed by atoms with Crippen LogP contribution in [-0.4, -0.2) is 69.6 Å². The van der Waals surface area contributed by atoms with Gasteiger partial charge >= 0.3 is 11.9 Å². The van der Waals surface area contributed by atoms with Crippen molar-refractivity contribution in [2.45, 2.75) is 31.0 Å². The Morgan fingerprint density at radius 3 is 2.00 bits per heavy atom. The number of carbonyl (C=O) groups is 4. The molecule has 0 bridgehead atoms. The number of amides is 2. The van der Waals surface area contributed by atoms with Crippen LogP contribution < -0.4 is 16.4 Å². The van der Waals surface area contributed by atoms with Gasteiger partial charge in [-0.05, 0) is 6.42 Å². The van der Waals surface area contributed by atoms with Gasteiger partial charge in [0.1, 0.15) is 12.1 Å². The summed E-state index contributed by atoms with van der Waals surface area (Å²) in [6.45, 7) is -0.850. The molecule has 0 spiro atoms. The summed E-state index contributed by atoms with van der Waals surface area (Å²) in [5, 5.41) is 30.4. The van der Waals surface area contributed by atoms with Gasteiger partial charge in [0.05, 0.1) is 12.6 Å². The lowest BCUT2D eigenvalue weighted by molar-refractivity contribution is -0.144. The highest BCUT2D eigenvalue weighted by molar-refractivity contribution is 7.80. The standard InChI is InChI=1S/C11H19N3O7S/c12-5(4-22)9(18)13-6(1-2-8(16)17)10(19)14-7(3-15)11(20)21/h5-7,15,22H,1-4,12H2,(H,13,18)(H,14,19)(H,16,17)(H,20,21). The Balaban J connectivity index is 4.89. The largest absolute Gasteiger partial charge is 0.481 e. The van der Waals surface area contributed by atoms with E-state index in [1.807, 2.05) is 5.32 Å². The highest BCUT2D eigenvalue weighted by Gasteiger charge is 2.27. The first-order valence-corrected chi connectivity index (χ1v) is 6.88. The molecule has 126 valence electrons. The van der Waals surface area contributed by atoms with Crippen molar-refractivity contribution in [3.8, 4) is 0 Å². The maximum absolute atomic E-state index is 11.9. The maximum atomic E-state index is 11.9. The van der Waals surface area contributed by atoms with Crippen molar-refractivity contribution in [3.05, 3.63) is 0 Å². The molecule has 0 aliphatic rings. The number of rotatable bonds is 10. The van der Waals surface area contributed by atoms with E-state index in [9.17, 15) is 19.2 Å². The molecular weight excluding hydrogens is 318 g/mol. The second-order valence-electron chi connectivity index (χ2n) is 4.36. The van der Waals surface area contributed by atoms with E-state index in [1.54, 1.807) is 0 Å². The van der Waals surface area contributed by atoms with Gasteiger partial charge in [-0.3, -0.25) is 14.4 Å². The van der Waals surface area contributed by atoms with E-state index < -0.39 is 54.9 Å². The Morgan fingerprint density at radius 1 is 1.05 bits per heavy atom. The SMILES string of the molecule is NC(CS)C(=O)NC(CCC(=O)O)C(=O)NC(CO)C(=O)O. The van der Waals surface area contributed by atoms with Crippen LogP contribution in [-0.2, 0) is 19.2 Å². The number of hydrogen-bond donors (Lipinski definition) is 7. The molecule has 0 rings (SSSR count). The first kappa shape index (κ1) is 20.1. The molecule has 11 heteroatoms. The number of nitrogens with one attached hydrogen (secondary N) is 2. The molecule has 0 radical (unpaired) electrons. The lowest BCUT2D eigenvalue weighted by atomic mass is 10.1. The fourth-order valence-corrected chi connectivity index (χ4v) is 1.52. The minimum atomic E-state index is -1.56. The zero-order valence-electron chi connectivity index (χ0n) is 11.6. The van der Waals surface area contributed by atoms with Crippen LogP contribution in [0, 0.1) is 0 Å². The fourth-order valence-electron chi connectivity index (χ4n) is 1.36. The molecule has 0 heterocycles. The van der Waals surface area contributed by atoms with Gasteiger partial charge in [0, 0.05) is 12.2 Å². The van der Waals surface area contributed by atoms with E-state index in [4.69, 9.17) is 21.1 Å². The van der Waals surface area contributed by atoms with E-state index in [1.165, 1.54) is 0 Å². The molecule has 2 amide bonds. The third-order valence-corrected chi connectivity index (χ3v) is 3.00. The van der Waals surface area contributed by atoms with Gasteiger partial charge < -0.3 is 31.7 Å². The molecule has 10 nitrogen and oxygen atoms in total. The molecule has 0 aliphatic heterocycles. The lowest BCUT2D eigenvalue weighted by Crippen LogP contribution is -2.55. The maximum Gasteiger partial charge on any atom is 0.328 e. The predicted octanol–water partition coefficient (Wildman–Crippen LogP) is -2.85. The highest BCUT2D eigenvalue weighted by Crippen LogP contribution is 2.00. The van der Waals surface area contributed by atoms with Crippen molar-refractivity contribution in [1.82, 2.24) is 10.6 Å². The van der Waals surface area contributed by atoms with E-state index >= 15 is 0 Å². The van der Waals surface area contributed by atoms with Crippen LogP contribution in [0.15, 0.2) is 0 Å². The molecule has 0 saturated carbocycles. The Kier molecular flexibility index (Phi) is 9.13.